The number of carbonyl (C=O) groups is 1. The van der Waals surface area contributed by atoms with Crippen molar-refractivity contribution in [3.05, 3.63) is 28.8 Å². The minimum atomic E-state index is -0.00590. The van der Waals surface area contributed by atoms with Crippen molar-refractivity contribution in [3.8, 4) is 22.1 Å². The van der Waals surface area contributed by atoms with E-state index in [1.807, 2.05) is 25.1 Å². The van der Waals surface area contributed by atoms with Crippen LogP contribution in [0.4, 0.5) is 0 Å². The summed E-state index contributed by atoms with van der Waals surface area (Å²) < 4.78 is 10.6. The van der Waals surface area contributed by atoms with Gasteiger partial charge in [-0.15, -0.1) is 11.3 Å². The molecular weight excluding hydrogens is 336 g/mol. The van der Waals surface area contributed by atoms with E-state index in [2.05, 4.69) is 10.3 Å². The maximum absolute atomic E-state index is 12.6. The summed E-state index contributed by atoms with van der Waals surface area (Å²) in [6.45, 7) is 1.89. The van der Waals surface area contributed by atoms with Crippen LogP contribution in [-0.2, 0) is 0 Å². The molecule has 6 heteroatoms. The molecule has 2 aromatic rings. The van der Waals surface area contributed by atoms with Crippen molar-refractivity contribution in [2.75, 3.05) is 14.2 Å². The van der Waals surface area contributed by atoms with Gasteiger partial charge in [-0.2, -0.15) is 0 Å². The van der Waals surface area contributed by atoms with Gasteiger partial charge in [0, 0.05) is 11.6 Å². The first-order chi connectivity index (χ1) is 12.1. The number of thiazole rings is 1. The van der Waals surface area contributed by atoms with Crippen molar-refractivity contribution in [1.82, 2.24) is 10.3 Å². The summed E-state index contributed by atoms with van der Waals surface area (Å²) >= 11 is 1.42. The molecule has 0 bridgehead atoms. The summed E-state index contributed by atoms with van der Waals surface area (Å²) in [7, 11) is 3.22. The number of hydrogen-bond donors (Lipinski definition) is 1. The molecule has 3 rings (SSSR count). The van der Waals surface area contributed by atoms with Gasteiger partial charge in [0.25, 0.3) is 5.91 Å². The lowest BCUT2D eigenvalue weighted by atomic mass is 9.95. The van der Waals surface area contributed by atoms with Gasteiger partial charge >= 0.3 is 0 Å². The lowest BCUT2D eigenvalue weighted by Crippen LogP contribution is -2.36. The van der Waals surface area contributed by atoms with Crippen LogP contribution in [0.1, 0.15) is 47.5 Å². The topological polar surface area (TPSA) is 60.5 Å². The summed E-state index contributed by atoms with van der Waals surface area (Å²) in [5, 5.41) is 3.98. The highest BCUT2D eigenvalue weighted by Gasteiger charge is 2.21. The Morgan fingerprint density at radius 3 is 2.56 bits per heavy atom. The largest absolute Gasteiger partial charge is 0.493 e. The number of aromatic nitrogens is 1. The molecule has 1 N–H and O–H groups in total. The second kappa shape index (κ2) is 7.87. The highest BCUT2D eigenvalue weighted by atomic mass is 32.1. The standard InChI is InChI=1S/C19H24N2O3S/c1-12-17(18(22)21-14-7-5-4-6-8-14)25-19(20-12)13-9-10-15(23-2)16(11-13)24-3/h9-11,14H,4-8H2,1-3H3,(H,21,22). The monoisotopic (exact) mass is 360 g/mol. The normalized spacial score (nSPS) is 15.0. The molecule has 5 nitrogen and oxygen atoms in total. The smallest absolute Gasteiger partial charge is 0.263 e. The molecule has 1 heterocycles. The Labute approximate surface area is 152 Å². The average Bonchev–Trinajstić information content (AvgIpc) is 3.03. The lowest BCUT2D eigenvalue weighted by Gasteiger charge is -2.22. The molecule has 1 aromatic heterocycles. The fourth-order valence-corrected chi connectivity index (χ4v) is 4.16. The maximum atomic E-state index is 12.6. The van der Waals surface area contributed by atoms with Gasteiger partial charge in [0.15, 0.2) is 11.5 Å². The van der Waals surface area contributed by atoms with E-state index in [0.717, 1.165) is 29.1 Å². The predicted molar refractivity (Wildman–Crippen MR) is 99.7 cm³/mol. The fraction of sp³-hybridized carbons (Fsp3) is 0.474. The van der Waals surface area contributed by atoms with Crippen LogP contribution < -0.4 is 14.8 Å². The number of amides is 1. The van der Waals surface area contributed by atoms with Gasteiger partial charge in [-0.1, -0.05) is 19.3 Å². The third-order valence-electron chi connectivity index (χ3n) is 4.57. The molecule has 1 aliphatic carbocycles. The quantitative estimate of drug-likeness (QED) is 0.868. The summed E-state index contributed by atoms with van der Waals surface area (Å²) in [6, 6.07) is 5.97. The minimum Gasteiger partial charge on any atom is -0.493 e. The highest BCUT2D eigenvalue weighted by molar-refractivity contribution is 7.17. The van der Waals surface area contributed by atoms with Gasteiger partial charge in [0.2, 0.25) is 0 Å². The van der Waals surface area contributed by atoms with Crippen LogP contribution in [0.25, 0.3) is 10.6 Å². The molecular formula is C19H24N2O3S. The van der Waals surface area contributed by atoms with Crippen molar-refractivity contribution in [3.63, 3.8) is 0 Å². The molecule has 1 amide bonds. The molecule has 1 aromatic carbocycles. The van der Waals surface area contributed by atoms with E-state index in [1.54, 1.807) is 14.2 Å². The number of methoxy groups -OCH3 is 2. The van der Waals surface area contributed by atoms with Crippen molar-refractivity contribution in [2.45, 2.75) is 45.1 Å². The van der Waals surface area contributed by atoms with E-state index in [0.29, 0.717) is 22.4 Å². The highest BCUT2D eigenvalue weighted by Crippen LogP contribution is 2.35. The van der Waals surface area contributed by atoms with Gasteiger partial charge in [0.1, 0.15) is 9.88 Å². The van der Waals surface area contributed by atoms with Crippen LogP contribution in [-0.4, -0.2) is 31.2 Å². The predicted octanol–water partition coefficient (Wildman–Crippen LogP) is 4.20. The van der Waals surface area contributed by atoms with Gasteiger partial charge in [0.05, 0.1) is 19.9 Å². The van der Waals surface area contributed by atoms with Crippen molar-refractivity contribution >= 4 is 17.2 Å². The van der Waals surface area contributed by atoms with Crippen molar-refractivity contribution < 1.29 is 14.3 Å². The maximum Gasteiger partial charge on any atom is 0.263 e. The SMILES string of the molecule is COc1ccc(-c2nc(C)c(C(=O)NC3CCCCC3)s2)cc1OC. The molecule has 0 aliphatic heterocycles. The Bertz CT molecular complexity index is 751. The van der Waals surface area contributed by atoms with E-state index >= 15 is 0 Å². The molecule has 0 saturated heterocycles. The summed E-state index contributed by atoms with van der Waals surface area (Å²) in [5.74, 6) is 1.32. The van der Waals surface area contributed by atoms with E-state index < -0.39 is 0 Å². The van der Waals surface area contributed by atoms with E-state index in [1.165, 1.54) is 30.6 Å². The summed E-state index contributed by atoms with van der Waals surface area (Å²) in [5.41, 5.74) is 1.69. The van der Waals surface area contributed by atoms with E-state index in [4.69, 9.17) is 9.47 Å². The zero-order valence-electron chi connectivity index (χ0n) is 14.9. The first-order valence-electron chi connectivity index (χ1n) is 8.63. The number of rotatable bonds is 5. The molecule has 0 spiro atoms. The fourth-order valence-electron chi connectivity index (χ4n) is 3.20. The van der Waals surface area contributed by atoms with Gasteiger partial charge < -0.3 is 14.8 Å². The zero-order valence-corrected chi connectivity index (χ0v) is 15.7. The number of carbonyl (C=O) groups excluding carboxylic acids is 1. The van der Waals surface area contributed by atoms with E-state index in [-0.39, 0.29) is 5.91 Å². The molecule has 0 radical (unpaired) electrons. The Hall–Kier alpha value is -2.08. The Morgan fingerprint density at radius 1 is 1.16 bits per heavy atom. The number of nitrogens with one attached hydrogen (secondary N) is 1. The van der Waals surface area contributed by atoms with Crippen LogP contribution in [0.2, 0.25) is 0 Å². The number of benzene rings is 1. The number of ether oxygens (including phenoxy) is 2. The average molecular weight is 360 g/mol. The molecule has 25 heavy (non-hydrogen) atoms. The molecule has 1 saturated carbocycles. The van der Waals surface area contributed by atoms with Crippen LogP contribution in [0.15, 0.2) is 18.2 Å². The van der Waals surface area contributed by atoms with Crippen LogP contribution in [0.3, 0.4) is 0 Å². The first-order valence-corrected chi connectivity index (χ1v) is 9.44. The lowest BCUT2D eigenvalue weighted by molar-refractivity contribution is 0.0931. The number of aryl methyl sites for hydroxylation is 1. The van der Waals surface area contributed by atoms with Crippen LogP contribution >= 0.6 is 11.3 Å². The Balaban J connectivity index is 1.81. The van der Waals surface area contributed by atoms with Crippen molar-refractivity contribution in [1.29, 1.82) is 0 Å². The molecule has 1 aliphatic rings. The minimum absolute atomic E-state index is 0.00590. The van der Waals surface area contributed by atoms with Crippen LogP contribution in [0.5, 0.6) is 11.5 Å². The summed E-state index contributed by atoms with van der Waals surface area (Å²) in [6.07, 6.45) is 5.82. The first kappa shape index (κ1) is 17.7. The Morgan fingerprint density at radius 2 is 1.88 bits per heavy atom. The van der Waals surface area contributed by atoms with Gasteiger partial charge in [-0.05, 0) is 38.0 Å². The number of hydrogen-bond acceptors (Lipinski definition) is 5. The second-order valence-corrected chi connectivity index (χ2v) is 7.31. The third-order valence-corrected chi connectivity index (χ3v) is 5.78. The summed E-state index contributed by atoms with van der Waals surface area (Å²) in [4.78, 5) is 17.9. The molecule has 1 fully saturated rings. The Kier molecular flexibility index (Phi) is 5.58. The number of nitrogens with zero attached hydrogens (tertiary/aromatic N) is 1. The van der Waals surface area contributed by atoms with Gasteiger partial charge in [-0.3, -0.25) is 4.79 Å². The molecule has 0 atom stereocenters. The second-order valence-electron chi connectivity index (χ2n) is 6.31. The van der Waals surface area contributed by atoms with Gasteiger partial charge in [-0.25, -0.2) is 4.98 Å². The molecule has 134 valence electrons. The van der Waals surface area contributed by atoms with Crippen LogP contribution in [0, 0.1) is 6.92 Å². The third kappa shape index (κ3) is 3.95. The van der Waals surface area contributed by atoms with E-state index in [9.17, 15) is 4.79 Å². The zero-order chi connectivity index (χ0) is 17.8. The van der Waals surface area contributed by atoms with Crippen molar-refractivity contribution in [2.24, 2.45) is 0 Å². The molecule has 0 unspecified atom stereocenters.